The SMILES string of the molecule is OC1(c2cc(Cl)ccc2Cl)CCN(Cc2ccccc2)C1. The van der Waals surface area contributed by atoms with Gasteiger partial charge in [0.2, 0.25) is 0 Å². The summed E-state index contributed by atoms with van der Waals surface area (Å²) in [5.74, 6) is 0. The van der Waals surface area contributed by atoms with Crippen molar-refractivity contribution in [2.75, 3.05) is 13.1 Å². The number of likely N-dealkylation sites (tertiary alicyclic amines) is 1. The minimum Gasteiger partial charge on any atom is -0.384 e. The maximum absolute atomic E-state index is 10.9. The Morgan fingerprint density at radius 2 is 1.86 bits per heavy atom. The second-order valence-electron chi connectivity index (χ2n) is 5.60. The third-order valence-corrected chi connectivity index (χ3v) is 4.57. The Hall–Kier alpha value is -1.06. The van der Waals surface area contributed by atoms with Crippen molar-refractivity contribution in [1.82, 2.24) is 4.90 Å². The summed E-state index contributed by atoms with van der Waals surface area (Å²) in [5, 5.41) is 12.1. The zero-order valence-electron chi connectivity index (χ0n) is 11.6. The zero-order chi connectivity index (χ0) is 14.9. The lowest BCUT2D eigenvalue weighted by Gasteiger charge is -2.25. The first-order chi connectivity index (χ1) is 10.1. The molecule has 1 aliphatic rings. The third-order valence-electron chi connectivity index (χ3n) is 4.01. The molecule has 1 atom stereocenters. The molecule has 0 spiro atoms. The predicted molar refractivity (Wildman–Crippen MR) is 86.7 cm³/mol. The summed E-state index contributed by atoms with van der Waals surface area (Å²) in [6.45, 7) is 2.25. The highest BCUT2D eigenvalue weighted by atomic mass is 35.5. The minimum atomic E-state index is -0.920. The molecular formula is C17H17Cl2NO. The molecule has 2 nitrogen and oxygen atoms in total. The van der Waals surface area contributed by atoms with Gasteiger partial charge in [-0.05, 0) is 30.2 Å². The molecule has 4 heteroatoms. The van der Waals surface area contributed by atoms with Crippen LogP contribution in [0.5, 0.6) is 0 Å². The predicted octanol–water partition coefficient (Wildman–Crippen LogP) is 4.09. The van der Waals surface area contributed by atoms with Crippen LogP contribution in [0.1, 0.15) is 17.5 Å². The zero-order valence-corrected chi connectivity index (χ0v) is 13.1. The smallest absolute Gasteiger partial charge is 0.105 e. The summed E-state index contributed by atoms with van der Waals surface area (Å²) >= 11 is 12.3. The molecular weight excluding hydrogens is 305 g/mol. The first-order valence-corrected chi connectivity index (χ1v) is 7.77. The van der Waals surface area contributed by atoms with Gasteiger partial charge in [-0.1, -0.05) is 53.5 Å². The highest BCUT2D eigenvalue weighted by Crippen LogP contribution is 2.37. The fraction of sp³-hybridized carbons (Fsp3) is 0.294. The molecule has 3 rings (SSSR count). The van der Waals surface area contributed by atoms with E-state index in [0.717, 1.165) is 18.7 Å². The molecule has 1 unspecified atom stereocenters. The lowest BCUT2D eigenvalue weighted by molar-refractivity contribution is 0.0454. The Bertz CT molecular complexity index is 632. The molecule has 0 radical (unpaired) electrons. The molecule has 1 N–H and O–H groups in total. The van der Waals surface area contributed by atoms with Gasteiger partial charge in [0.1, 0.15) is 5.60 Å². The molecule has 0 aliphatic carbocycles. The minimum absolute atomic E-state index is 0.571. The first-order valence-electron chi connectivity index (χ1n) is 7.01. The molecule has 0 amide bonds. The molecule has 0 aromatic heterocycles. The Kier molecular flexibility index (Phi) is 4.23. The maximum Gasteiger partial charge on any atom is 0.105 e. The van der Waals surface area contributed by atoms with Crippen LogP contribution >= 0.6 is 23.2 Å². The molecule has 2 aromatic rings. The lowest BCUT2D eigenvalue weighted by Crippen LogP contribution is -2.30. The van der Waals surface area contributed by atoms with Crippen molar-refractivity contribution in [2.24, 2.45) is 0 Å². The molecule has 1 heterocycles. The first kappa shape index (κ1) is 14.9. The van der Waals surface area contributed by atoms with Gasteiger partial charge in [0.05, 0.1) is 0 Å². The molecule has 1 aliphatic heterocycles. The van der Waals surface area contributed by atoms with Gasteiger partial charge in [-0.15, -0.1) is 0 Å². The number of rotatable bonds is 3. The summed E-state index contributed by atoms with van der Waals surface area (Å²) in [6, 6.07) is 15.5. The maximum atomic E-state index is 10.9. The van der Waals surface area contributed by atoms with Gasteiger partial charge in [-0.25, -0.2) is 0 Å². The Balaban J connectivity index is 1.77. The Morgan fingerprint density at radius 1 is 1.10 bits per heavy atom. The largest absolute Gasteiger partial charge is 0.384 e. The van der Waals surface area contributed by atoms with Crippen molar-refractivity contribution >= 4 is 23.2 Å². The van der Waals surface area contributed by atoms with Crippen LogP contribution in [0.25, 0.3) is 0 Å². The summed E-state index contributed by atoms with van der Waals surface area (Å²) in [6.07, 6.45) is 0.667. The van der Waals surface area contributed by atoms with Crippen molar-refractivity contribution in [3.8, 4) is 0 Å². The quantitative estimate of drug-likeness (QED) is 0.920. The highest BCUT2D eigenvalue weighted by Gasteiger charge is 2.39. The van der Waals surface area contributed by atoms with Crippen LogP contribution in [0.3, 0.4) is 0 Å². The average Bonchev–Trinajstić information content (AvgIpc) is 2.85. The van der Waals surface area contributed by atoms with E-state index in [1.165, 1.54) is 5.56 Å². The molecule has 21 heavy (non-hydrogen) atoms. The second-order valence-corrected chi connectivity index (χ2v) is 6.45. The van der Waals surface area contributed by atoms with Crippen LogP contribution in [0, 0.1) is 0 Å². The van der Waals surface area contributed by atoms with Gasteiger partial charge in [0.15, 0.2) is 0 Å². The monoisotopic (exact) mass is 321 g/mol. The Labute approximate surface area is 134 Å². The van der Waals surface area contributed by atoms with E-state index in [0.29, 0.717) is 23.0 Å². The van der Waals surface area contributed by atoms with Crippen molar-refractivity contribution < 1.29 is 5.11 Å². The number of halogens is 2. The van der Waals surface area contributed by atoms with Crippen molar-refractivity contribution in [2.45, 2.75) is 18.6 Å². The lowest BCUT2D eigenvalue weighted by atomic mass is 9.93. The van der Waals surface area contributed by atoms with E-state index in [1.807, 2.05) is 18.2 Å². The molecule has 0 saturated carbocycles. The van der Waals surface area contributed by atoms with Gasteiger partial charge >= 0.3 is 0 Å². The van der Waals surface area contributed by atoms with Gasteiger partial charge in [0, 0.05) is 35.2 Å². The summed E-state index contributed by atoms with van der Waals surface area (Å²) in [4.78, 5) is 2.24. The molecule has 2 aromatic carbocycles. The van der Waals surface area contributed by atoms with E-state index >= 15 is 0 Å². The molecule has 0 bridgehead atoms. The summed E-state index contributed by atoms with van der Waals surface area (Å²) in [7, 11) is 0. The van der Waals surface area contributed by atoms with Crippen LogP contribution in [-0.4, -0.2) is 23.1 Å². The fourth-order valence-electron chi connectivity index (χ4n) is 2.92. The van der Waals surface area contributed by atoms with Crippen LogP contribution in [0.15, 0.2) is 48.5 Å². The van der Waals surface area contributed by atoms with Crippen molar-refractivity contribution in [3.63, 3.8) is 0 Å². The molecule has 1 saturated heterocycles. The van der Waals surface area contributed by atoms with E-state index in [4.69, 9.17) is 23.2 Å². The van der Waals surface area contributed by atoms with Gasteiger partial charge in [-0.3, -0.25) is 4.90 Å². The topological polar surface area (TPSA) is 23.5 Å². The average molecular weight is 322 g/mol. The number of aliphatic hydroxyl groups is 1. The van der Waals surface area contributed by atoms with Gasteiger partial charge in [-0.2, -0.15) is 0 Å². The normalized spacial score (nSPS) is 22.6. The van der Waals surface area contributed by atoms with E-state index in [2.05, 4.69) is 17.0 Å². The summed E-state index contributed by atoms with van der Waals surface area (Å²) < 4.78 is 0. The molecule has 1 fully saturated rings. The number of hydrogen-bond donors (Lipinski definition) is 1. The van der Waals surface area contributed by atoms with E-state index in [-0.39, 0.29) is 0 Å². The van der Waals surface area contributed by atoms with Gasteiger partial charge < -0.3 is 5.11 Å². The Morgan fingerprint density at radius 3 is 2.62 bits per heavy atom. The van der Waals surface area contributed by atoms with Crippen molar-refractivity contribution in [3.05, 3.63) is 69.7 Å². The van der Waals surface area contributed by atoms with Crippen LogP contribution in [0.4, 0.5) is 0 Å². The second kappa shape index (κ2) is 5.98. The summed E-state index contributed by atoms with van der Waals surface area (Å²) in [5.41, 5.74) is 1.06. The van der Waals surface area contributed by atoms with Gasteiger partial charge in [0.25, 0.3) is 0 Å². The number of hydrogen-bond acceptors (Lipinski definition) is 2. The van der Waals surface area contributed by atoms with Crippen molar-refractivity contribution in [1.29, 1.82) is 0 Å². The van der Waals surface area contributed by atoms with E-state index < -0.39 is 5.60 Å². The number of β-amino-alcohol motifs (C(OH)–C–C–N with tert-alkyl or cyclic N) is 1. The number of nitrogens with zero attached hydrogens (tertiary/aromatic N) is 1. The number of benzene rings is 2. The van der Waals surface area contributed by atoms with E-state index in [1.54, 1.807) is 18.2 Å². The van der Waals surface area contributed by atoms with E-state index in [9.17, 15) is 5.11 Å². The fourth-order valence-corrected chi connectivity index (χ4v) is 3.39. The molecule has 110 valence electrons. The highest BCUT2D eigenvalue weighted by molar-refractivity contribution is 6.33. The van der Waals surface area contributed by atoms with Crippen LogP contribution in [0.2, 0.25) is 10.0 Å². The van der Waals surface area contributed by atoms with Crippen LogP contribution < -0.4 is 0 Å². The van der Waals surface area contributed by atoms with Crippen LogP contribution in [-0.2, 0) is 12.1 Å². The standard InChI is InChI=1S/C17H17Cl2NO/c18-14-6-7-16(19)15(10-14)17(21)8-9-20(12-17)11-13-4-2-1-3-5-13/h1-7,10,21H,8-9,11-12H2. The third kappa shape index (κ3) is 3.24.